The number of Topliss-reactive ketones (excluding diaryl/α,β-unsaturated/α-hetero) is 1. The second kappa shape index (κ2) is 8.62. The van der Waals surface area contributed by atoms with Crippen LogP contribution in [-0.4, -0.2) is 18.9 Å². The molecule has 0 saturated heterocycles. The van der Waals surface area contributed by atoms with Gasteiger partial charge in [0.2, 0.25) is 0 Å². The first-order valence-electron chi connectivity index (χ1n) is 10.5. The number of furan rings is 1. The second-order valence-corrected chi connectivity index (χ2v) is 9.89. The van der Waals surface area contributed by atoms with Crippen molar-refractivity contribution >= 4 is 27.7 Å². The molecule has 2 heterocycles. The summed E-state index contributed by atoms with van der Waals surface area (Å²) in [5.41, 5.74) is 2.36. The fourth-order valence-corrected chi connectivity index (χ4v) is 4.82. The monoisotopic (exact) mass is 499 g/mol. The molecule has 1 aliphatic heterocycles. The highest BCUT2D eigenvalue weighted by Gasteiger charge is 2.44. The van der Waals surface area contributed by atoms with Crippen molar-refractivity contribution in [3.63, 3.8) is 0 Å². The predicted octanol–water partition coefficient (Wildman–Crippen LogP) is 5.40. The summed E-state index contributed by atoms with van der Waals surface area (Å²) in [5.74, 6) is 0.769. The van der Waals surface area contributed by atoms with Crippen LogP contribution in [0.4, 0.5) is 0 Å². The van der Waals surface area contributed by atoms with Gasteiger partial charge in [-0.3, -0.25) is 4.79 Å². The number of methoxy groups -OCH3 is 1. The lowest BCUT2D eigenvalue weighted by Crippen LogP contribution is -2.38. The maximum atomic E-state index is 13.2. The van der Waals surface area contributed by atoms with Gasteiger partial charge in [0.15, 0.2) is 5.78 Å². The lowest BCUT2D eigenvalue weighted by molar-refractivity contribution is -0.136. The molecule has 1 aromatic heterocycles. The number of benzene rings is 1. The fraction of sp³-hybridized carbons (Fsp3) is 0.360. The quantitative estimate of drug-likeness (QED) is 0.555. The van der Waals surface area contributed by atoms with Crippen LogP contribution < -0.4 is 10.1 Å². The molecule has 32 heavy (non-hydrogen) atoms. The van der Waals surface area contributed by atoms with E-state index in [2.05, 4.69) is 35.1 Å². The number of rotatable bonds is 5. The number of hydrogen-bond donors (Lipinski definition) is 1. The number of esters is 1. The van der Waals surface area contributed by atoms with E-state index in [-0.39, 0.29) is 17.8 Å². The third-order valence-corrected chi connectivity index (χ3v) is 6.28. The maximum Gasteiger partial charge on any atom is 0.336 e. The van der Waals surface area contributed by atoms with Crippen molar-refractivity contribution in [3.05, 3.63) is 74.9 Å². The average Bonchev–Trinajstić information content (AvgIpc) is 3.18. The SMILES string of the molecule is COC(=O)C1=C(C)NC2=C(C(=O)CC(C)(C)C2)[C@@H]1c1ccc(COc2cccc(Br)c2)o1. The summed E-state index contributed by atoms with van der Waals surface area (Å²) in [6.07, 6.45) is 1.13. The molecule has 0 bridgehead atoms. The van der Waals surface area contributed by atoms with E-state index in [0.717, 1.165) is 16.6 Å². The Hall–Kier alpha value is -2.80. The first kappa shape index (κ1) is 22.4. The van der Waals surface area contributed by atoms with Gasteiger partial charge < -0.3 is 19.2 Å². The van der Waals surface area contributed by atoms with E-state index in [1.54, 1.807) is 0 Å². The van der Waals surface area contributed by atoms with Crippen molar-refractivity contribution in [1.82, 2.24) is 5.32 Å². The van der Waals surface area contributed by atoms with E-state index in [4.69, 9.17) is 13.9 Å². The van der Waals surface area contributed by atoms with Gasteiger partial charge >= 0.3 is 5.97 Å². The number of carbonyl (C=O) groups excluding carboxylic acids is 2. The molecule has 2 aromatic rings. The topological polar surface area (TPSA) is 77.8 Å². The largest absolute Gasteiger partial charge is 0.486 e. The molecule has 1 N–H and O–H groups in total. The Balaban J connectivity index is 1.68. The van der Waals surface area contributed by atoms with Crippen molar-refractivity contribution in [1.29, 1.82) is 0 Å². The number of ether oxygens (including phenoxy) is 2. The van der Waals surface area contributed by atoms with Gasteiger partial charge in [-0.25, -0.2) is 4.79 Å². The standard InChI is InChI=1S/C25H26BrNO5/c1-14-21(24(29)30-4)23(22-18(27-14)11-25(2,3)12-19(22)28)20-9-8-17(32-20)13-31-16-7-5-6-15(26)10-16/h5-10,23,27H,11-13H2,1-4H3/t23-/m1/s1. The van der Waals surface area contributed by atoms with Crippen LogP contribution in [-0.2, 0) is 20.9 Å². The third kappa shape index (κ3) is 4.39. The Morgan fingerprint density at radius 3 is 2.75 bits per heavy atom. The zero-order valence-corrected chi connectivity index (χ0v) is 20.2. The molecule has 2 aliphatic rings. The molecule has 1 aliphatic carbocycles. The first-order chi connectivity index (χ1) is 15.2. The van der Waals surface area contributed by atoms with E-state index < -0.39 is 11.9 Å². The molecule has 0 unspecified atom stereocenters. The Morgan fingerprint density at radius 1 is 1.25 bits per heavy atom. The summed E-state index contributed by atoms with van der Waals surface area (Å²) >= 11 is 3.43. The predicted molar refractivity (Wildman–Crippen MR) is 123 cm³/mol. The molecule has 0 radical (unpaired) electrons. The number of carbonyl (C=O) groups is 2. The minimum atomic E-state index is -0.609. The molecule has 1 atom stereocenters. The summed E-state index contributed by atoms with van der Waals surface area (Å²) in [4.78, 5) is 25.9. The minimum absolute atomic E-state index is 0.0194. The fourth-order valence-electron chi connectivity index (χ4n) is 4.44. The number of nitrogens with one attached hydrogen (secondary N) is 1. The van der Waals surface area contributed by atoms with Crippen LogP contribution in [0, 0.1) is 5.41 Å². The first-order valence-corrected chi connectivity index (χ1v) is 11.3. The van der Waals surface area contributed by atoms with Gasteiger partial charge in [-0.15, -0.1) is 0 Å². The van der Waals surface area contributed by atoms with Gasteiger partial charge in [-0.05, 0) is 49.1 Å². The minimum Gasteiger partial charge on any atom is -0.486 e. The molecule has 1 aromatic carbocycles. The van der Waals surface area contributed by atoms with E-state index in [9.17, 15) is 9.59 Å². The van der Waals surface area contributed by atoms with Gasteiger partial charge in [0.1, 0.15) is 23.9 Å². The average molecular weight is 500 g/mol. The molecule has 0 fully saturated rings. The maximum absolute atomic E-state index is 13.2. The normalized spacial score (nSPS) is 20.0. The molecule has 7 heteroatoms. The molecular weight excluding hydrogens is 474 g/mol. The Kier molecular flexibility index (Phi) is 6.03. The molecule has 6 nitrogen and oxygen atoms in total. The highest BCUT2D eigenvalue weighted by atomic mass is 79.9. The highest BCUT2D eigenvalue weighted by Crippen LogP contribution is 2.47. The number of allylic oxidation sites excluding steroid dienone is 3. The van der Waals surface area contributed by atoms with E-state index in [1.807, 2.05) is 43.3 Å². The van der Waals surface area contributed by atoms with E-state index in [1.165, 1.54) is 7.11 Å². The molecule has 4 rings (SSSR count). The van der Waals surface area contributed by atoms with E-state index in [0.29, 0.717) is 40.5 Å². The van der Waals surface area contributed by atoms with Crippen LogP contribution in [0.25, 0.3) is 0 Å². The van der Waals surface area contributed by atoms with Crippen LogP contribution >= 0.6 is 15.9 Å². The number of halogens is 1. The summed E-state index contributed by atoms with van der Waals surface area (Å²) in [6.45, 7) is 6.20. The van der Waals surface area contributed by atoms with Crippen LogP contribution in [0.5, 0.6) is 5.75 Å². The number of dihydropyridines is 1. The Morgan fingerprint density at radius 2 is 2.03 bits per heavy atom. The Bertz CT molecular complexity index is 1140. The smallest absolute Gasteiger partial charge is 0.336 e. The lowest BCUT2D eigenvalue weighted by Gasteiger charge is -2.38. The van der Waals surface area contributed by atoms with Crippen LogP contribution in [0.3, 0.4) is 0 Å². The van der Waals surface area contributed by atoms with E-state index >= 15 is 0 Å². The van der Waals surface area contributed by atoms with Gasteiger partial charge in [-0.1, -0.05) is 35.8 Å². The molecule has 0 spiro atoms. The Labute approximate surface area is 195 Å². The number of ketones is 1. The van der Waals surface area contributed by atoms with Gasteiger partial charge in [0.05, 0.1) is 18.6 Å². The lowest BCUT2D eigenvalue weighted by atomic mass is 9.69. The second-order valence-electron chi connectivity index (χ2n) is 8.97. The van der Waals surface area contributed by atoms with Crippen LogP contribution in [0.2, 0.25) is 0 Å². The molecule has 0 amide bonds. The summed E-state index contributed by atoms with van der Waals surface area (Å²) < 4.78 is 17.9. The van der Waals surface area contributed by atoms with Crippen molar-refractivity contribution in [2.75, 3.05) is 7.11 Å². The third-order valence-electron chi connectivity index (χ3n) is 5.79. The van der Waals surface area contributed by atoms with Crippen molar-refractivity contribution < 1.29 is 23.5 Å². The number of hydrogen-bond acceptors (Lipinski definition) is 6. The van der Waals surface area contributed by atoms with Gasteiger partial charge in [0.25, 0.3) is 0 Å². The summed E-state index contributed by atoms with van der Waals surface area (Å²) in [5, 5.41) is 3.29. The van der Waals surface area contributed by atoms with Gasteiger partial charge in [-0.2, -0.15) is 0 Å². The van der Waals surface area contributed by atoms with Crippen molar-refractivity contribution in [3.8, 4) is 5.75 Å². The van der Waals surface area contributed by atoms with Crippen LogP contribution in [0.1, 0.15) is 51.1 Å². The molecular formula is C25H26BrNO5. The zero-order valence-electron chi connectivity index (χ0n) is 18.6. The van der Waals surface area contributed by atoms with Crippen molar-refractivity contribution in [2.45, 2.75) is 46.1 Å². The van der Waals surface area contributed by atoms with Crippen LogP contribution in [0.15, 0.2) is 67.8 Å². The highest BCUT2D eigenvalue weighted by molar-refractivity contribution is 9.10. The molecule has 0 saturated carbocycles. The van der Waals surface area contributed by atoms with Gasteiger partial charge in [0, 0.05) is 27.9 Å². The summed E-state index contributed by atoms with van der Waals surface area (Å²) in [7, 11) is 1.34. The molecule has 168 valence electrons. The summed E-state index contributed by atoms with van der Waals surface area (Å²) in [6, 6.07) is 11.2. The van der Waals surface area contributed by atoms with Crippen molar-refractivity contribution in [2.24, 2.45) is 5.41 Å². The zero-order chi connectivity index (χ0) is 23.0.